The Bertz CT molecular complexity index is 674. The van der Waals surface area contributed by atoms with Crippen LogP contribution in [0.15, 0.2) is 36.4 Å². The molecule has 0 aliphatic carbocycles. The summed E-state index contributed by atoms with van der Waals surface area (Å²) in [6.07, 6.45) is 0. The Morgan fingerprint density at radius 2 is 1.90 bits per heavy atom. The zero-order valence-electron chi connectivity index (χ0n) is 11.2. The third-order valence-electron chi connectivity index (χ3n) is 2.64. The number of carbonyl (C=O) groups excluding carboxylic acids is 1. The summed E-state index contributed by atoms with van der Waals surface area (Å²) < 4.78 is 36.5. The van der Waals surface area contributed by atoms with Gasteiger partial charge in [-0.3, -0.25) is 0 Å². The van der Waals surface area contributed by atoms with E-state index in [-0.39, 0.29) is 29.4 Å². The van der Waals surface area contributed by atoms with Crippen molar-refractivity contribution in [3.8, 4) is 11.5 Å². The van der Waals surface area contributed by atoms with Crippen molar-refractivity contribution in [1.29, 1.82) is 0 Å². The Morgan fingerprint density at radius 3 is 2.57 bits per heavy atom. The van der Waals surface area contributed by atoms with Crippen LogP contribution in [-0.4, -0.2) is 12.6 Å². The highest BCUT2D eigenvalue weighted by Gasteiger charge is 2.13. The van der Waals surface area contributed by atoms with E-state index in [0.717, 1.165) is 12.1 Å². The number of ether oxygens (including phenoxy) is 2. The molecule has 21 heavy (non-hydrogen) atoms. The van der Waals surface area contributed by atoms with Crippen molar-refractivity contribution in [2.45, 2.75) is 6.92 Å². The van der Waals surface area contributed by atoms with Gasteiger partial charge >= 0.3 is 5.97 Å². The number of hydrogen-bond donors (Lipinski definition) is 1. The smallest absolute Gasteiger partial charge is 0.338 e. The summed E-state index contributed by atoms with van der Waals surface area (Å²) >= 11 is 0. The minimum Gasteiger partial charge on any atom is -0.462 e. The fourth-order valence-electron chi connectivity index (χ4n) is 1.64. The monoisotopic (exact) mass is 293 g/mol. The number of benzene rings is 2. The molecule has 0 fully saturated rings. The lowest BCUT2D eigenvalue weighted by Crippen LogP contribution is -2.05. The van der Waals surface area contributed by atoms with E-state index in [1.165, 1.54) is 18.2 Å². The largest absolute Gasteiger partial charge is 0.462 e. The van der Waals surface area contributed by atoms with Crippen LogP contribution in [0, 0.1) is 11.6 Å². The molecule has 2 rings (SSSR count). The molecule has 2 aromatic carbocycles. The van der Waals surface area contributed by atoms with Gasteiger partial charge in [0.05, 0.1) is 17.9 Å². The lowest BCUT2D eigenvalue weighted by molar-refractivity contribution is 0.0526. The number of nitrogens with two attached hydrogens (primary N) is 1. The molecule has 110 valence electrons. The Balaban J connectivity index is 2.30. The van der Waals surface area contributed by atoms with Crippen LogP contribution >= 0.6 is 0 Å². The van der Waals surface area contributed by atoms with Crippen LogP contribution in [0.1, 0.15) is 17.3 Å². The highest BCUT2D eigenvalue weighted by Crippen LogP contribution is 2.30. The van der Waals surface area contributed by atoms with Crippen LogP contribution in [0.5, 0.6) is 11.5 Å². The molecule has 0 bridgehead atoms. The Hall–Kier alpha value is -2.63. The maximum Gasteiger partial charge on any atom is 0.338 e. The van der Waals surface area contributed by atoms with E-state index in [4.69, 9.17) is 15.2 Å². The number of anilines is 1. The molecule has 0 heterocycles. The molecule has 0 spiro atoms. The van der Waals surface area contributed by atoms with Gasteiger partial charge in [-0.15, -0.1) is 0 Å². The van der Waals surface area contributed by atoms with Crippen molar-refractivity contribution in [2.75, 3.05) is 12.3 Å². The first-order chi connectivity index (χ1) is 10.0. The minimum absolute atomic E-state index is 0.0889. The van der Waals surface area contributed by atoms with Gasteiger partial charge in [-0.2, -0.15) is 0 Å². The van der Waals surface area contributed by atoms with E-state index in [1.807, 2.05) is 0 Å². The fourth-order valence-corrected chi connectivity index (χ4v) is 1.64. The first-order valence-electron chi connectivity index (χ1n) is 6.20. The van der Waals surface area contributed by atoms with Crippen molar-refractivity contribution in [2.24, 2.45) is 0 Å². The van der Waals surface area contributed by atoms with Gasteiger partial charge in [-0.25, -0.2) is 13.6 Å². The maximum atomic E-state index is 13.6. The molecule has 0 saturated carbocycles. The standard InChI is InChI=1S/C15H13F2NO3/c1-2-20-15(19)9-3-5-12(18)14(7-9)21-13-6-4-10(16)8-11(13)17/h3-8H,2,18H2,1H3. The van der Waals surface area contributed by atoms with E-state index in [9.17, 15) is 13.6 Å². The van der Waals surface area contributed by atoms with Gasteiger partial charge in [-0.05, 0) is 37.3 Å². The van der Waals surface area contributed by atoms with Gasteiger partial charge in [0, 0.05) is 6.07 Å². The SMILES string of the molecule is CCOC(=O)c1ccc(N)c(Oc2ccc(F)cc2F)c1. The molecule has 0 saturated heterocycles. The van der Waals surface area contributed by atoms with Crippen molar-refractivity contribution in [1.82, 2.24) is 0 Å². The van der Waals surface area contributed by atoms with Gasteiger partial charge in [0.15, 0.2) is 17.3 Å². The fraction of sp³-hybridized carbons (Fsp3) is 0.133. The molecule has 0 radical (unpaired) electrons. The second-order valence-corrected chi connectivity index (χ2v) is 4.15. The van der Waals surface area contributed by atoms with E-state index >= 15 is 0 Å². The molecule has 0 atom stereocenters. The molecule has 0 aliphatic heterocycles. The lowest BCUT2D eigenvalue weighted by atomic mass is 10.2. The first-order valence-corrected chi connectivity index (χ1v) is 6.20. The molecule has 4 nitrogen and oxygen atoms in total. The number of carbonyl (C=O) groups is 1. The number of halogens is 2. The molecule has 0 unspecified atom stereocenters. The molecular weight excluding hydrogens is 280 g/mol. The van der Waals surface area contributed by atoms with Gasteiger partial charge in [0.1, 0.15) is 5.82 Å². The Labute approximate surface area is 120 Å². The molecule has 0 aliphatic rings. The second kappa shape index (κ2) is 6.21. The molecule has 6 heteroatoms. The quantitative estimate of drug-likeness (QED) is 0.692. The lowest BCUT2D eigenvalue weighted by Gasteiger charge is -2.11. The zero-order chi connectivity index (χ0) is 15.4. The highest BCUT2D eigenvalue weighted by atomic mass is 19.1. The summed E-state index contributed by atoms with van der Waals surface area (Å²) in [5.74, 6) is -2.22. The third kappa shape index (κ3) is 3.47. The Morgan fingerprint density at radius 1 is 1.14 bits per heavy atom. The van der Waals surface area contributed by atoms with Crippen molar-refractivity contribution in [3.05, 3.63) is 53.6 Å². The van der Waals surface area contributed by atoms with Crippen LogP contribution in [0.4, 0.5) is 14.5 Å². The van der Waals surface area contributed by atoms with E-state index < -0.39 is 17.6 Å². The van der Waals surface area contributed by atoms with E-state index in [1.54, 1.807) is 6.92 Å². The average molecular weight is 293 g/mol. The summed E-state index contributed by atoms with van der Waals surface area (Å²) in [5, 5.41) is 0. The third-order valence-corrected chi connectivity index (χ3v) is 2.64. The van der Waals surface area contributed by atoms with Gasteiger partial charge in [0.2, 0.25) is 0 Å². The van der Waals surface area contributed by atoms with Crippen molar-refractivity contribution >= 4 is 11.7 Å². The molecule has 2 aromatic rings. The zero-order valence-corrected chi connectivity index (χ0v) is 11.2. The normalized spacial score (nSPS) is 10.2. The van der Waals surface area contributed by atoms with Crippen molar-refractivity contribution < 1.29 is 23.0 Å². The summed E-state index contributed by atoms with van der Waals surface area (Å²) in [4.78, 5) is 11.6. The van der Waals surface area contributed by atoms with Crippen LogP contribution in [0.3, 0.4) is 0 Å². The number of esters is 1. The van der Waals surface area contributed by atoms with Crippen LogP contribution < -0.4 is 10.5 Å². The topological polar surface area (TPSA) is 61.5 Å². The van der Waals surface area contributed by atoms with E-state index in [0.29, 0.717) is 6.07 Å². The molecule has 2 N–H and O–H groups in total. The first kappa shape index (κ1) is 14.8. The summed E-state index contributed by atoms with van der Waals surface area (Å²) in [5.41, 5.74) is 6.16. The van der Waals surface area contributed by atoms with Gasteiger partial charge in [0.25, 0.3) is 0 Å². The minimum atomic E-state index is -0.865. The van der Waals surface area contributed by atoms with E-state index in [2.05, 4.69) is 0 Å². The molecule has 0 amide bonds. The summed E-state index contributed by atoms with van der Waals surface area (Å²) in [6.45, 7) is 1.91. The van der Waals surface area contributed by atoms with Gasteiger partial charge in [-0.1, -0.05) is 0 Å². The van der Waals surface area contributed by atoms with Crippen LogP contribution in [0.25, 0.3) is 0 Å². The Kier molecular flexibility index (Phi) is 4.37. The number of rotatable bonds is 4. The predicted octanol–water partition coefficient (Wildman–Crippen LogP) is 3.52. The van der Waals surface area contributed by atoms with Crippen molar-refractivity contribution in [3.63, 3.8) is 0 Å². The number of nitrogen functional groups attached to an aromatic ring is 1. The average Bonchev–Trinajstić information content (AvgIpc) is 2.44. The molecular formula is C15H13F2NO3. The second-order valence-electron chi connectivity index (χ2n) is 4.15. The van der Waals surface area contributed by atoms with Crippen LogP contribution in [-0.2, 0) is 4.74 Å². The summed E-state index contributed by atoms with van der Waals surface area (Å²) in [6, 6.07) is 7.16. The predicted molar refractivity (Wildman–Crippen MR) is 73.2 cm³/mol. The van der Waals surface area contributed by atoms with Crippen LogP contribution in [0.2, 0.25) is 0 Å². The number of hydrogen-bond acceptors (Lipinski definition) is 4. The highest BCUT2D eigenvalue weighted by molar-refractivity contribution is 5.90. The van der Waals surface area contributed by atoms with Gasteiger partial charge < -0.3 is 15.2 Å². The maximum absolute atomic E-state index is 13.6. The molecule has 0 aromatic heterocycles. The summed E-state index contributed by atoms with van der Waals surface area (Å²) in [7, 11) is 0.